The average molecular weight is 347 g/mol. The van der Waals surface area contributed by atoms with Crippen LogP contribution in [0.1, 0.15) is 34.1 Å². The monoisotopic (exact) mass is 347 g/mol. The van der Waals surface area contributed by atoms with Crippen LogP contribution in [0.2, 0.25) is 0 Å². The summed E-state index contributed by atoms with van der Waals surface area (Å²) >= 11 is -1.92. The maximum atomic E-state index is 12.0. The molecule has 8 nitrogen and oxygen atoms in total. The lowest BCUT2D eigenvalue weighted by atomic mass is 9.90. The molecule has 1 amide bonds. The van der Waals surface area contributed by atoms with Gasteiger partial charge >= 0.3 is 23.4 Å². The highest BCUT2D eigenvalue weighted by molar-refractivity contribution is 7.75. The van der Waals surface area contributed by atoms with E-state index in [1.807, 2.05) is 0 Å². The van der Waals surface area contributed by atoms with Gasteiger partial charge in [0.15, 0.2) is 0 Å². The zero-order chi connectivity index (χ0) is 17.2. The Morgan fingerprint density at radius 3 is 2.70 bits per heavy atom. The Morgan fingerprint density at radius 2 is 2.09 bits per heavy atom. The molecule has 0 radical (unpaired) electrons. The van der Waals surface area contributed by atoms with Crippen molar-refractivity contribution in [3.05, 3.63) is 11.6 Å². The second kappa shape index (κ2) is 6.98. The number of amides is 1. The molecule has 0 saturated carbocycles. The lowest BCUT2D eigenvalue weighted by molar-refractivity contribution is -0.139. The number of carbonyl (C=O) groups excluding carboxylic acids is 2. The molecule has 9 heteroatoms. The maximum absolute atomic E-state index is 12.0. The van der Waals surface area contributed by atoms with Gasteiger partial charge in [-0.25, -0.2) is 9.59 Å². The molecule has 0 aromatic heterocycles. The Morgan fingerprint density at radius 1 is 1.39 bits per heavy atom. The molecule has 1 aliphatic carbocycles. The fourth-order valence-corrected chi connectivity index (χ4v) is 3.14. The van der Waals surface area contributed by atoms with Gasteiger partial charge in [-0.05, 0) is 33.8 Å². The highest BCUT2D eigenvalue weighted by atomic mass is 32.2. The molecule has 0 spiro atoms. The number of nitrogens with one attached hydrogen (secondary N) is 1. The summed E-state index contributed by atoms with van der Waals surface area (Å²) in [6.45, 7) is 7.15. The van der Waals surface area contributed by atoms with Gasteiger partial charge in [0.1, 0.15) is 17.8 Å². The number of carbonyl (C=O) groups is 2. The van der Waals surface area contributed by atoms with E-state index in [0.717, 1.165) is 0 Å². The lowest BCUT2D eigenvalue weighted by Crippen LogP contribution is -2.51. The standard InChI is InChI=1S/C14H21NO7S/c1-5-19-12(16)8-6-9(15-13(17)20-14(2,3)4)11-10(7-8)21-23(18)22-11/h7,9-11H,5-6H2,1-4H3,(H,15,17)/t9-,10+,11-,23?/m1/s1. The molecule has 0 aromatic rings. The molecule has 2 rings (SSSR count). The topological polar surface area (TPSA) is 100 Å². The number of esters is 1. The molecule has 23 heavy (non-hydrogen) atoms. The van der Waals surface area contributed by atoms with E-state index in [1.165, 1.54) is 6.08 Å². The van der Waals surface area contributed by atoms with Crippen molar-refractivity contribution >= 4 is 23.4 Å². The summed E-state index contributed by atoms with van der Waals surface area (Å²) in [7, 11) is 0. The number of hydrogen-bond donors (Lipinski definition) is 1. The minimum absolute atomic E-state index is 0.180. The fraction of sp³-hybridized carbons (Fsp3) is 0.714. The highest BCUT2D eigenvalue weighted by Gasteiger charge is 2.45. The smallest absolute Gasteiger partial charge is 0.407 e. The first kappa shape index (κ1) is 17.9. The van der Waals surface area contributed by atoms with Gasteiger partial charge in [0.25, 0.3) is 0 Å². The van der Waals surface area contributed by atoms with Gasteiger partial charge < -0.3 is 14.8 Å². The molecule has 1 heterocycles. The van der Waals surface area contributed by atoms with Gasteiger partial charge in [-0.1, -0.05) is 0 Å². The van der Waals surface area contributed by atoms with E-state index in [4.69, 9.17) is 17.8 Å². The Bertz CT molecular complexity index is 540. The van der Waals surface area contributed by atoms with Gasteiger partial charge in [-0.2, -0.15) is 4.21 Å². The molecule has 0 aromatic carbocycles. The summed E-state index contributed by atoms with van der Waals surface area (Å²) in [6, 6.07) is -0.606. The minimum Gasteiger partial charge on any atom is -0.463 e. The third kappa shape index (κ3) is 4.76. The number of ether oxygens (including phenoxy) is 2. The van der Waals surface area contributed by atoms with Crippen molar-refractivity contribution in [2.24, 2.45) is 0 Å². The Kier molecular flexibility index (Phi) is 5.43. The molecule has 1 saturated heterocycles. The molecular formula is C14H21NO7S. The van der Waals surface area contributed by atoms with Gasteiger partial charge in [0.2, 0.25) is 0 Å². The molecular weight excluding hydrogens is 326 g/mol. The third-order valence-corrected chi connectivity index (χ3v) is 3.90. The summed E-state index contributed by atoms with van der Waals surface area (Å²) in [5.74, 6) is -0.497. The van der Waals surface area contributed by atoms with Crippen LogP contribution in [0.3, 0.4) is 0 Å². The minimum atomic E-state index is -1.92. The number of fused-ring (bicyclic) bond motifs is 1. The van der Waals surface area contributed by atoms with Crippen LogP contribution >= 0.6 is 0 Å². The van der Waals surface area contributed by atoms with E-state index in [1.54, 1.807) is 27.7 Å². The van der Waals surface area contributed by atoms with Crippen LogP contribution in [-0.2, 0) is 34.0 Å². The molecule has 4 atom stereocenters. The van der Waals surface area contributed by atoms with Crippen molar-refractivity contribution in [3.63, 3.8) is 0 Å². The predicted octanol–water partition coefficient (Wildman–Crippen LogP) is 1.14. The van der Waals surface area contributed by atoms with Crippen molar-refractivity contribution in [1.82, 2.24) is 5.32 Å². The summed E-state index contributed by atoms with van der Waals surface area (Å²) in [4.78, 5) is 23.9. The van der Waals surface area contributed by atoms with Crippen LogP contribution in [0.15, 0.2) is 11.6 Å². The summed E-state index contributed by atoms with van der Waals surface area (Å²) in [5, 5.41) is 2.65. The predicted molar refractivity (Wildman–Crippen MR) is 80.4 cm³/mol. The number of rotatable bonds is 3. The maximum Gasteiger partial charge on any atom is 0.407 e. The normalized spacial score (nSPS) is 30.2. The Hall–Kier alpha value is -1.45. The number of alkyl carbamates (subject to hydrolysis) is 1. The SMILES string of the molecule is CCOC(=O)C1=C[C@@H]2OS(=O)O[C@@H]2[C@H](NC(=O)OC(C)(C)C)C1. The van der Waals surface area contributed by atoms with E-state index >= 15 is 0 Å². The van der Waals surface area contributed by atoms with E-state index in [2.05, 4.69) is 5.32 Å². The Labute approximate surface area is 137 Å². The number of hydrogen-bond acceptors (Lipinski definition) is 7. The molecule has 1 aliphatic heterocycles. The van der Waals surface area contributed by atoms with E-state index in [9.17, 15) is 13.8 Å². The van der Waals surface area contributed by atoms with Crippen molar-refractivity contribution in [1.29, 1.82) is 0 Å². The summed E-state index contributed by atoms with van der Waals surface area (Å²) in [6.07, 6.45) is -0.279. The van der Waals surface area contributed by atoms with E-state index in [0.29, 0.717) is 5.57 Å². The average Bonchev–Trinajstić information content (AvgIpc) is 2.77. The molecule has 0 bridgehead atoms. The molecule has 130 valence electrons. The van der Waals surface area contributed by atoms with Crippen molar-refractivity contribution < 1.29 is 31.6 Å². The fourth-order valence-electron chi connectivity index (χ4n) is 2.32. The molecule has 1 unspecified atom stereocenters. The van der Waals surface area contributed by atoms with Gasteiger partial charge in [0.05, 0.1) is 12.6 Å². The van der Waals surface area contributed by atoms with Crippen molar-refractivity contribution in [2.75, 3.05) is 6.61 Å². The largest absolute Gasteiger partial charge is 0.463 e. The van der Waals surface area contributed by atoms with Gasteiger partial charge in [0, 0.05) is 12.0 Å². The third-order valence-electron chi connectivity index (χ3n) is 3.14. The van der Waals surface area contributed by atoms with Crippen LogP contribution in [0.25, 0.3) is 0 Å². The van der Waals surface area contributed by atoms with Gasteiger partial charge in [-0.3, -0.25) is 8.37 Å². The summed E-state index contributed by atoms with van der Waals surface area (Å²) < 4.78 is 31.9. The molecule has 1 N–H and O–H groups in total. The second-order valence-corrected chi connectivity index (χ2v) is 6.99. The van der Waals surface area contributed by atoms with Crippen LogP contribution in [0, 0.1) is 0 Å². The van der Waals surface area contributed by atoms with Crippen molar-refractivity contribution in [3.8, 4) is 0 Å². The molecule has 2 aliphatic rings. The summed E-state index contributed by atoms with van der Waals surface area (Å²) in [5.41, 5.74) is -0.315. The highest BCUT2D eigenvalue weighted by Crippen LogP contribution is 2.31. The quantitative estimate of drug-likeness (QED) is 0.764. The van der Waals surface area contributed by atoms with Gasteiger partial charge in [-0.15, -0.1) is 0 Å². The van der Waals surface area contributed by atoms with Crippen LogP contribution in [-0.4, -0.2) is 46.7 Å². The zero-order valence-electron chi connectivity index (χ0n) is 13.5. The van der Waals surface area contributed by atoms with Crippen molar-refractivity contribution in [2.45, 2.75) is 58.0 Å². The van der Waals surface area contributed by atoms with Crippen LogP contribution in [0.4, 0.5) is 4.79 Å². The first-order valence-corrected chi connectivity index (χ1v) is 8.33. The lowest BCUT2D eigenvalue weighted by Gasteiger charge is -2.30. The van der Waals surface area contributed by atoms with E-state index < -0.39 is 47.3 Å². The van der Waals surface area contributed by atoms with Crippen LogP contribution < -0.4 is 5.32 Å². The molecule has 1 fully saturated rings. The zero-order valence-corrected chi connectivity index (χ0v) is 14.3. The van der Waals surface area contributed by atoms with E-state index in [-0.39, 0.29) is 13.0 Å². The van der Waals surface area contributed by atoms with Crippen LogP contribution in [0.5, 0.6) is 0 Å². The first-order chi connectivity index (χ1) is 10.7. The first-order valence-electron chi connectivity index (χ1n) is 7.33. The Balaban J connectivity index is 2.12. The second-order valence-electron chi connectivity index (χ2n) is 6.20.